The van der Waals surface area contributed by atoms with Crippen molar-refractivity contribution >= 4 is 12.1 Å². The predicted octanol–water partition coefficient (Wildman–Crippen LogP) is 1.48. The van der Waals surface area contributed by atoms with Crippen LogP contribution in [0.2, 0.25) is 0 Å². The van der Waals surface area contributed by atoms with Gasteiger partial charge >= 0.3 is 12.1 Å². The summed E-state index contributed by atoms with van der Waals surface area (Å²) >= 11 is 0. The van der Waals surface area contributed by atoms with Gasteiger partial charge in [-0.15, -0.1) is 0 Å². The third-order valence-electron chi connectivity index (χ3n) is 2.72. The van der Waals surface area contributed by atoms with Gasteiger partial charge in [-0.25, -0.2) is 9.59 Å². The Morgan fingerprint density at radius 1 is 1.45 bits per heavy atom. The van der Waals surface area contributed by atoms with Gasteiger partial charge in [-0.1, -0.05) is 0 Å². The fraction of sp³-hybridized carbons (Fsp3) is 0.714. The first kappa shape index (κ1) is 16.5. The number of carbonyl (C=O) groups excluding carboxylic acids is 2. The minimum absolute atomic E-state index is 0.175. The van der Waals surface area contributed by atoms with Gasteiger partial charge in [0.1, 0.15) is 5.60 Å². The molecule has 0 aromatic carbocycles. The van der Waals surface area contributed by atoms with Gasteiger partial charge in [0, 0.05) is 19.2 Å². The molecule has 1 aliphatic rings. The lowest BCUT2D eigenvalue weighted by molar-refractivity contribution is -0.137. The Balaban J connectivity index is 2.70. The largest absolute Gasteiger partial charge is 0.463 e. The lowest BCUT2D eigenvalue weighted by Crippen LogP contribution is -2.44. The smallest absolute Gasteiger partial charge is 0.410 e. The molecule has 0 radical (unpaired) electrons. The lowest BCUT2D eigenvalue weighted by Gasteiger charge is -2.33. The number of esters is 1. The van der Waals surface area contributed by atoms with Crippen molar-refractivity contribution in [3.05, 3.63) is 11.6 Å². The van der Waals surface area contributed by atoms with Crippen molar-refractivity contribution in [3.63, 3.8) is 0 Å². The van der Waals surface area contributed by atoms with E-state index in [0.29, 0.717) is 18.5 Å². The Morgan fingerprint density at radius 3 is 2.65 bits per heavy atom. The number of hydrogen-bond acceptors (Lipinski definition) is 5. The Morgan fingerprint density at radius 2 is 2.10 bits per heavy atom. The Labute approximate surface area is 119 Å². The zero-order valence-corrected chi connectivity index (χ0v) is 12.5. The monoisotopic (exact) mass is 285 g/mol. The van der Waals surface area contributed by atoms with E-state index in [2.05, 4.69) is 0 Å². The second kappa shape index (κ2) is 6.74. The number of nitrogens with zero attached hydrogens (tertiary/aromatic N) is 1. The van der Waals surface area contributed by atoms with E-state index in [-0.39, 0.29) is 13.2 Å². The van der Waals surface area contributed by atoms with E-state index in [9.17, 15) is 14.7 Å². The predicted molar refractivity (Wildman–Crippen MR) is 73.1 cm³/mol. The quantitative estimate of drug-likeness (QED) is 0.614. The van der Waals surface area contributed by atoms with E-state index in [4.69, 9.17) is 9.47 Å². The van der Waals surface area contributed by atoms with E-state index in [1.54, 1.807) is 27.7 Å². The zero-order chi connectivity index (χ0) is 15.3. The molecule has 1 fully saturated rings. The third-order valence-corrected chi connectivity index (χ3v) is 2.72. The maximum atomic E-state index is 12.0. The average Bonchev–Trinajstić information content (AvgIpc) is 2.30. The standard InChI is InChI=1S/C14H23NO5/c1-5-19-12(17)8-10-9-15(7-6-11(10)16)13(18)20-14(2,3)4/h8,11,16H,5-7,9H2,1-4H3/b10-8+. The van der Waals surface area contributed by atoms with Crippen LogP contribution in [0, 0.1) is 0 Å². The number of piperidine rings is 1. The van der Waals surface area contributed by atoms with Crippen molar-refractivity contribution in [1.82, 2.24) is 4.90 Å². The van der Waals surface area contributed by atoms with Crippen LogP contribution in [0.15, 0.2) is 11.6 Å². The number of aliphatic hydroxyl groups is 1. The van der Waals surface area contributed by atoms with Crippen LogP contribution >= 0.6 is 0 Å². The first-order valence-electron chi connectivity index (χ1n) is 6.76. The number of aliphatic hydroxyl groups excluding tert-OH is 1. The normalized spacial score (nSPS) is 21.8. The van der Waals surface area contributed by atoms with Crippen molar-refractivity contribution < 1.29 is 24.2 Å². The summed E-state index contributed by atoms with van der Waals surface area (Å²) in [6.45, 7) is 7.93. The Kier molecular flexibility index (Phi) is 5.56. The summed E-state index contributed by atoms with van der Waals surface area (Å²) in [5.74, 6) is -0.507. The van der Waals surface area contributed by atoms with Crippen molar-refractivity contribution in [1.29, 1.82) is 0 Å². The summed E-state index contributed by atoms with van der Waals surface area (Å²) in [6, 6.07) is 0. The van der Waals surface area contributed by atoms with Crippen molar-refractivity contribution in [2.24, 2.45) is 0 Å². The van der Waals surface area contributed by atoms with E-state index in [0.717, 1.165) is 0 Å². The molecule has 20 heavy (non-hydrogen) atoms. The van der Waals surface area contributed by atoms with Gasteiger partial charge in [0.05, 0.1) is 12.7 Å². The molecule has 6 nitrogen and oxygen atoms in total. The van der Waals surface area contributed by atoms with Gasteiger partial charge in [-0.05, 0) is 39.7 Å². The van der Waals surface area contributed by atoms with Crippen LogP contribution in [0.4, 0.5) is 4.79 Å². The molecule has 0 aromatic rings. The van der Waals surface area contributed by atoms with E-state index >= 15 is 0 Å². The van der Waals surface area contributed by atoms with Crippen LogP contribution in [0.5, 0.6) is 0 Å². The number of amides is 1. The summed E-state index contributed by atoms with van der Waals surface area (Å²) in [4.78, 5) is 24.8. The highest BCUT2D eigenvalue weighted by Crippen LogP contribution is 2.19. The maximum Gasteiger partial charge on any atom is 0.410 e. The van der Waals surface area contributed by atoms with Crippen LogP contribution in [0.1, 0.15) is 34.1 Å². The molecule has 0 aromatic heterocycles. The molecule has 0 aliphatic carbocycles. The van der Waals surface area contributed by atoms with Crippen LogP contribution in [0.25, 0.3) is 0 Å². The Hall–Kier alpha value is -1.56. The summed E-state index contributed by atoms with van der Waals surface area (Å²) < 4.78 is 10.1. The molecular formula is C14H23NO5. The van der Waals surface area contributed by atoms with Crippen LogP contribution < -0.4 is 0 Å². The number of hydrogen-bond donors (Lipinski definition) is 1. The molecule has 114 valence electrons. The van der Waals surface area contributed by atoms with E-state index in [1.165, 1.54) is 11.0 Å². The van der Waals surface area contributed by atoms with Gasteiger partial charge in [0.15, 0.2) is 0 Å². The molecule has 0 bridgehead atoms. The van der Waals surface area contributed by atoms with Gasteiger partial charge in [-0.2, -0.15) is 0 Å². The molecule has 1 heterocycles. The topological polar surface area (TPSA) is 76.1 Å². The molecule has 0 saturated carbocycles. The summed E-state index contributed by atoms with van der Waals surface area (Å²) in [5, 5.41) is 9.86. The number of carbonyl (C=O) groups is 2. The second-order valence-electron chi connectivity index (χ2n) is 5.68. The molecule has 1 amide bonds. The van der Waals surface area contributed by atoms with Gasteiger partial charge in [0.25, 0.3) is 0 Å². The Bertz CT molecular complexity index is 397. The summed E-state index contributed by atoms with van der Waals surface area (Å²) in [6.07, 6.45) is 0.465. The fourth-order valence-corrected chi connectivity index (χ4v) is 1.83. The van der Waals surface area contributed by atoms with Crippen molar-refractivity contribution in [2.75, 3.05) is 19.7 Å². The van der Waals surface area contributed by atoms with E-state index in [1.807, 2.05) is 0 Å². The first-order chi connectivity index (χ1) is 9.23. The highest BCUT2D eigenvalue weighted by atomic mass is 16.6. The number of likely N-dealkylation sites (tertiary alicyclic amines) is 1. The van der Waals surface area contributed by atoms with Crippen LogP contribution in [0.3, 0.4) is 0 Å². The van der Waals surface area contributed by atoms with Crippen molar-refractivity contribution in [2.45, 2.75) is 45.8 Å². The number of ether oxygens (including phenoxy) is 2. The minimum Gasteiger partial charge on any atom is -0.463 e. The molecule has 6 heteroatoms. The molecule has 1 N–H and O–H groups in total. The highest BCUT2D eigenvalue weighted by Gasteiger charge is 2.29. The van der Waals surface area contributed by atoms with E-state index < -0.39 is 23.8 Å². The molecule has 1 aliphatic heterocycles. The maximum absolute atomic E-state index is 12.0. The highest BCUT2D eigenvalue weighted by molar-refractivity contribution is 5.83. The molecule has 1 saturated heterocycles. The van der Waals surface area contributed by atoms with Gasteiger partial charge < -0.3 is 19.5 Å². The molecule has 0 spiro atoms. The van der Waals surface area contributed by atoms with Crippen LogP contribution in [-0.4, -0.2) is 53.5 Å². The first-order valence-corrected chi connectivity index (χ1v) is 6.76. The molecular weight excluding hydrogens is 262 g/mol. The van der Waals surface area contributed by atoms with Crippen LogP contribution in [-0.2, 0) is 14.3 Å². The number of rotatable bonds is 2. The zero-order valence-electron chi connectivity index (χ0n) is 12.5. The third kappa shape index (κ3) is 5.21. The molecule has 1 rings (SSSR count). The summed E-state index contributed by atoms with van der Waals surface area (Å²) in [5.41, 5.74) is -0.0985. The van der Waals surface area contributed by atoms with Crippen molar-refractivity contribution in [3.8, 4) is 0 Å². The van der Waals surface area contributed by atoms with Gasteiger partial charge in [-0.3, -0.25) is 0 Å². The average molecular weight is 285 g/mol. The molecule has 1 atom stereocenters. The fourth-order valence-electron chi connectivity index (χ4n) is 1.83. The molecule has 1 unspecified atom stereocenters. The lowest BCUT2D eigenvalue weighted by atomic mass is 10.0. The minimum atomic E-state index is -0.724. The summed E-state index contributed by atoms with van der Waals surface area (Å²) in [7, 11) is 0. The van der Waals surface area contributed by atoms with Gasteiger partial charge in [0.2, 0.25) is 0 Å². The second-order valence-corrected chi connectivity index (χ2v) is 5.68. The SMILES string of the molecule is CCOC(=O)/C=C1\CN(C(=O)OC(C)(C)C)CCC1O.